The van der Waals surface area contributed by atoms with Crippen molar-refractivity contribution >= 4 is 17.4 Å². The van der Waals surface area contributed by atoms with E-state index in [1.165, 1.54) is 12.0 Å². The Morgan fingerprint density at radius 1 is 1.10 bits per heavy atom. The molecule has 7 heteroatoms. The summed E-state index contributed by atoms with van der Waals surface area (Å²) in [6.07, 6.45) is 6.91. The molecule has 3 aromatic heterocycles. The number of rotatable bonds is 5. The highest BCUT2D eigenvalue weighted by atomic mass is 15.4. The zero-order chi connectivity index (χ0) is 20.8. The van der Waals surface area contributed by atoms with Gasteiger partial charge in [-0.15, -0.1) is 0 Å². The van der Waals surface area contributed by atoms with E-state index in [1.807, 2.05) is 30.7 Å². The van der Waals surface area contributed by atoms with Crippen molar-refractivity contribution in [2.45, 2.75) is 25.0 Å². The van der Waals surface area contributed by atoms with Crippen LogP contribution in [0.2, 0.25) is 0 Å². The van der Waals surface area contributed by atoms with Crippen LogP contribution < -0.4 is 15.1 Å². The highest BCUT2D eigenvalue weighted by Gasteiger charge is 2.39. The van der Waals surface area contributed by atoms with Crippen molar-refractivity contribution in [1.29, 1.82) is 0 Å². The lowest BCUT2D eigenvalue weighted by Crippen LogP contribution is -2.44. The van der Waals surface area contributed by atoms with E-state index in [0.717, 1.165) is 48.3 Å². The SMILES string of the molecule is CN(Cc1ccccc1)c1cc(-c2cc3nccn3c(N3CC4CC3CN4)n2)ccn1. The molecular formula is C24H25N7. The van der Waals surface area contributed by atoms with Gasteiger partial charge in [-0.3, -0.25) is 4.40 Å². The van der Waals surface area contributed by atoms with Crippen LogP contribution in [0.1, 0.15) is 12.0 Å². The first-order valence-electron chi connectivity index (χ1n) is 10.8. The number of nitrogens with zero attached hydrogens (tertiary/aromatic N) is 6. The minimum absolute atomic E-state index is 0.503. The molecule has 6 rings (SSSR count). The lowest BCUT2D eigenvalue weighted by atomic mass is 10.1. The van der Waals surface area contributed by atoms with Crippen molar-refractivity contribution in [3.63, 3.8) is 0 Å². The molecule has 2 aliphatic rings. The number of hydrogen-bond donors (Lipinski definition) is 1. The van der Waals surface area contributed by atoms with Crippen LogP contribution in [-0.2, 0) is 6.54 Å². The van der Waals surface area contributed by atoms with Crippen molar-refractivity contribution in [1.82, 2.24) is 24.7 Å². The number of anilines is 2. The molecule has 1 N–H and O–H groups in total. The van der Waals surface area contributed by atoms with E-state index in [2.05, 4.69) is 72.9 Å². The Bertz CT molecular complexity index is 1220. The van der Waals surface area contributed by atoms with E-state index in [9.17, 15) is 0 Å². The van der Waals surface area contributed by atoms with Gasteiger partial charge in [0.05, 0.1) is 5.69 Å². The molecule has 0 saturated carbocycles. The van der Waals surface area contributed by atoms with E-state index >= 15 is 0 Å². The standard InChI is InChI=1S/C24H25N7/c1-29(15-17-5-3-2-4-6-17)22-11-18(7-8-25-22)21-13-23-26-9-10-30(23)24(28-21)31-16-19-12-20(31)14-27-19/h2-11,13,19-20,27H,12,14-16H2,1H3. The highest BCUT2D eigenvalue weighted by Crippen LogP contribution is 2.31. The molecule has 2 unspecified atom stereocenters. The maximum Gasteiger partial charge on any atom is 0.212 e. The predicted octanol–water partition coefficient (Wildman–Crippen LogP) is 2.98. The fourth-order valence-electron chi connectivity index (χ4n) is 4.79. The third kappa shape index (κ3) is 3.31. The Balaban J connectivity index is 1.35. The summed E-state index contributed by atoms with van der Waals surface area (Å²) >= 11 is 0. The first kappa shape index (κ1) is 18.3. The summed E-state index contributed by atoms with van der Waals surface area (Å²) in [6, 6.07) is 17.7. The van der Waals surface area contributed by atoms with Crippen LogP contribution in [0.15, 0.2) is 67.1 Å². The first-order chi connectivity index (χ1) is 15.2. The zero-order valence-electron chi connectivity index (χ0n) is 17.5. The molecule has 7 nitrogen and oxygen atoms in total. The van der Waals surface area contributed by atoms with Crippen molar-refractivity contribution in [3.8, 4) is 11.3 Å². The van der Waals surface area contributed by atoms with Crippen LogP contribution in [0.5, 0.6) is 0 Å². The molecule has 1 aromatic carbocycles. The van der Waals surface area contributed by atoms with Gasteiger partial charge in [0.1, 0.15) is 11.5 Å². The molecule has 2 bridgehead atoms. The second-order valence-electron chi connectivity index (χ2n) is 8.49. The van der Waals surface area contributed by atoms with Crippen molar-refractivity contribution in [2.24, 2.45) is 0 Å². The molecular weight excluding hydrogens is 386 g/mol. The molecule has 31 heavy (non-hydrogen) atoms. The highest BCUT2D eigenvalue weighted by molar-refractivity contribution is 5.69. The molecule has 0 spiro atoms. The number of benzene rings is 1. The lowest BCUT2D eigenvalue weighted by Gasteiger charge is -2.29. The molecule has 2 atom stereocenters. The van der Waals surface area contributed by atoms with E-state index in [1.54, 1.807) is 0 Å². The van der Waals surface area contributed by atoms with Crippen LogP contribution in [0.25, 0.3) is 16.9 Å². The molecule has 4 aromatic rings. The number of pyridine rings is 1. The van der Waals surface area contributed by atoms with Gasteiger partial charge in [0.25, 0.3) is 0 Å². The normalized spacial score (nSPS) is 20.0. The number of piperazine rings is 1. The summed E-state index contributed by atoms with van der Waals surface area (Å²) in [5.74, 6) is 1.91. The first-order valence-corrected chi connectivity index (χ1v) is 10.8. The summed E-state index contributed by atoms with van der Waals surface area (Å²) < 4.78 is 2.10. The summed E-state index contributed by atoms with van der Waals surface area (Å²) in [5, 5.41) is 3.58. The van der Waals surface area contributed by atoms with Gasteiger partial charge < -0.3 is 15.1 Å². The second-order valence-corrected chi connectivity index (χ2v) is 8.49. The van der Waals surface area contributed by atoms with Gasteiger partial charge in [-0.25, -0.2) is 15.0 Å². The topological polar surface area (TPSA) is 61.6 Å². The molecule has 2 saturated heterocycles. The fourth-order valence-corrected chi connectivity index (χ4v) is 4.79. The van der Waals surface area contributed by atoms with Crippen LogP contribution in [0, 0.1) is 0 Å². The Morgan fingerprint density at radius 3 is 2.81 bits per heavy atom. The number of aromatic nitrogens is 4. The van der Waals surface area contributed by atoms with Crippen LogP contribution in [0.4, 0.5) is 11.8 Å². The third-order valence-corrected chi connectivity index (χ3v) is 6.38. The van der Waals surface area contributed by atoms with E-state index in [0.29, 0.717) is 12.1 Å². The summed E-state index contributed by atoms with van der Waals surface area (Å²) in [5.41, 5.74) is 4.17. The van der Waals surface area contributed by atoms with Crippen molar-refractivity contribution < 1.29 is 0 Å². The van der Waals surface area contributed by atoms with Gasteiger partial charge in [-0.1, -0.05) is 30.3 Å². The van der Waals surface area contributed by atoms with Gasteiger partial charge in [0, 0.05) is 69.0 Å². The van der Waals surface area contributed by atoms with E-state index in [-0.39, 0.29) is 0 Å². The Kier molecular flexibility index (Phi) is 4.35. The molecule has 2 aliphatic heterocycles. The van der Waals surface area contributed by atoms with Crippen LogP contribution >= 0.6 is 0 Å². The monoisotopic (exact) mass is 411 g/mol. The minimum Gasteiger partial charge on any atom is -0.355 e. The molecule has 156 valence electrons. The third-order valence-electron chi connectivity index (χ3n) is 6.38. The number of fused-ring (bicyclic) bond motifs is 3. The average Bonchev–Trinajstić information content (AvgIpc) is 3.56. The maximum absolute atomic E-state index is 5.10. The smallest absolute Gasteiger partial charge is 0.212 e. The largest absolute Gasteiger partial charge is 0.355 e. The molecule has 2 fully saturated rings. The summed E-state index contributed by atoms with van der Waals surface area (Å²) in [6.45, 7) is 2.82. The number of imidazole rings is 1. The minimum atomic E-state index is 0.503. The van der Waals surface area contributed by atoms with E-state index in [4.69, 9.17) is 4.98 Å². The number of nitrogens with one attached hydrogen (secondary N) is 1. The second kappa shape index (κ2) is 7.35. The molecule has 5 heterocycles. The van der Waals surface area contributed by atoms with Crippen molar-refractivity contribution in [3.05, 3.63) is 72.7 Å². The van der Waals surface area contributed by atoms with E-state index < -0.39 is 0 Å². The van der Waals surface area contributed by atoms with Gasteiger partial charge in [0.15, 0.2) is 0 Å². The van der Waals surface area contributed by atoms with Gasteiger partial charge >= 0.3 is 0 Å². The molecule has 0 amide bonds. The molecule has 0 radical (unpaired) electrons. The Hall–Kier alpha value is -3.45. The Labute approximate surface area is 181 Å². The Morgan fingerprint density at radius 2 is 2.00 bits per heavy atom. The quantitative estimate of drug-likeness (QED) is 0.545. The fraction of sp³-hybridized carbons (Fsp3) is 0.292. The average molecular weight is 412 g/mol. The van der Waals surface area contributed by atoms with Gasteiger partial charge in [-0.05, 0) is 24.1 Å². The zero-order valence-corrected chi connectivity index (χ0v) is 17.5. The lowest BCUT2D eigenvalue weighted by molar-refractivity contribution is 0.570. The summed E-state index contributed by atoms with van der Waals surface area (Å²) in [4.78, 5) is 18.9. The van der Waals surface area contributed by atoms with Gasteiger partial charge in [0.2, 0.25) is 5.95 Å². The van der Waals surface area contributed by atoms with Crippen LogP contribution in [0.3, 0.4) is 0 Å². The predicted molar refractivity (Wildman–Crippen MR) is 122 cm³/mol. The number of hydrogen-bond acceptors (Lipinski definition) is 6. The maximum atomic E-state index is 5.10. The van der Waals surface area contributed by atoms with Gasteiger partial charge in [-0.2, -0.15) is 0 Å². The van der Waals surface area contributed by atoms with Crippen LogP contribution in [-0.4, -0.2) is 51.6 Å². The molecule has 0 aliphatic carbocycles. The van der Waals surface area contributed by atoms with Crippen molar-refractivity contribution in [2.75, 3.05) is 29.9 Å². The summed E-state index contributed by atoms with van der Waals surface area (Å²) in [7, 11) is 2.07.